The zero-order valence-corrected chi connectivity index (χ0v) is 22.0. The number of aryl methyl sites for hydroxylation is 2. The molecule has 0 saturated carbocycles. The fraction of sp³-hybridized carbons (Fsp3) is 0.593. The number of hydrogen-bond donors (Lipinski definition) is 0. The van der Waals surface area contributed by atoms with Gasteiger partial charge in [-0.3, -0.25) is 9.48 Å². The van der Waals surface area contributed by atoms with Crippen LogP contribution in [-0.4, -0.2) is 75.9 Å². The number of ether oxygens (including phenoxy) is 1. The van der Waals surface area contributed by atoms with Crippen molar-refractivity contribution >= 4 is 17.7 Å². The lowest BCUT2D eigenvalue weighted by atomic mass is 9.91. The first-order valence-electron chi connectivity index (χ1n) is 12.7. The first-order valence-corrected chi connectivity index (χ1v) is 12.7. The second-order valence-electron chi connectivity index (χ2n) is 10.9. The highest BCUT2D eigenvalue weighted by Crippen LogP contribution is 2.32. The molecule has 3 heterocycles. The molecule has 2 fully saturated rings. The first-order chi connectivity index (χ1) is 16.5. The summed E-state index contributed by atoms with van der Waals surface area (Å²) in [6, 6.07) is 8.77. The molecule has 0 N–H and O–H groups in total. The van der Waals surface area contributed by atoms with Crippen molar-refractivity contribution in [2.75, 3.05) is 37.6 Å². The number of piperidine rings is 1. The lowest BCUT2D eigenvalue weighted by Crippen LogP contribution is -2.54. The Morgan fingerprint density at radius 1 is 1.06 bits per heavy atom. The lowest BCUT2D eigenvalue weighted by molar-refractivity contribution is 0.0202. The molecule has 0 aliphatic carbocycles. The van der Waals surface area contributed by atoms with E-state index in [0.29, 0.717) is 31.7 Å². The van der Waals surface area contributed by atoms with Gasteiger partial charge in [-0.15, -0.1) is 0 Å². The maximum Gasteiger partial charge on any atom is 0.410 e. The Balaban J connectivity index is 1.42. The van der Waals surface area contributed by atoms with Gasteiger partial charge in [-0.05, 0) is 65.2 Å². The van der Waals surface area contributed by atoms with Gasteiger partial charge < -0.3 is 19.4 Å². The third-order valence-electron chi connectivity index (χ3n) is 7.00. The molecule has 2 saturated heterocycles. The van der Waals surface area contributed by atoms with E-state index in [9.17, 15) is 9.59 Å². The molecule has 2 amide bonds. The van der Waals surface area contributed by atoms with Gasteiger partial charge in [-0.2, -0.15) is 5.10 Å². The fourth-order valence-corrected chi connectivity index (χ4v) is 5.26. The number of carbonyl (C=O) groups excluding carboxylic acids is 2. The second kappa shape index (κ2) is 9.91. The molecule has 0 spiro atoms. The number of aromatic nitrogens is 2. The molecule has 2 aromatic rings. The predicted molar refractivity (Wildman–Crippen MR) is 137 cm³/mol. The van der Waals surface area contributed by atoms with Gasteiger partial charge >= 0.3 is 6.09 Å². The molecular formula is C27H39N5O3. The number of benzene rings is 1. The molecule has 1 unspecified atom stereocenters. The van der Waals surface area contributed by atoms with Gasteiger partial charge in [-0.25, -0.2) is 4.79 Å². The molecule has 4 rings (SSSR count). The minimum atomic E-state index is -0.504. The summed E-state index contributed by atoms with van der Waals surface area (Å²) in [5, 5.41) is 4.46. The molecule has 2 aliphatic heterocycles. The molecule has 1 atom stereocenters. The largest absolute Gasteiger partial charge is 0.444 e. The number of piperazine rings is 1. The highest BCUT2D eigenvalue weighted by atomic mass is 16.6. The van der Waals surface area contributed by atoms with Crippen molar-refractivity contribution in [1.82, 2.24) is 19.6 Å². The normalized spacial score (nSPS) is 19.7. The van der Waals surface area contributed by atoms with E-state index < -0.39 is 5.60 Å². The summed E-state index contributed by atoms with van der Waals surface area (Å²) < 4.78 is 7.37. The summed E-state index contributed by atoms with van der Waals surface area (Å²) in [5.41, 5.74) is 3.62. The van der Waals surface area contributed by atoms with Gasteiger partial charge in [0.05, 0.1) is 17.5 Å². The van der Waals surface area contributed by atoms with Gasteiger partial charge in [0, 0.05) is 57.4 Å². The molecule has 190 valence electrons. The van der Waals surface area contributed by atoms with Crippen LogP contribution in [0.25, 0.3) is 0 Å². The van der Waals surface area contributed by atoms with Crippen molar-refractivity contribution in [3.63, 3.8) is 0 Å². The first kappa shape index (κ1) is 25.1. The van der Waals surface area contributed by atoms with Crippen LogP contribution in [0.4, 0.5) is 10.5 Å². The maximum atomic E-state index is 13.6. The molecule has 8 nitrogen and oxygen atoms in total. The van der Waals surface area contributed by atoms with Crippen molar-refractivity contribution in [3.05, 3.63) is 47.3 Å². The Kier molecular flexibility index (Phi) is 7.10. The third-order valence-corrected chi connectivity index (χ3v) is 7.00. The zero-order valence-electron chi connectivity index (χ0n) is 22.0. The van der Waals surface area contributed by atoms with Crippen LogP contribution in [0.3, 0.4) is 0 Å². The van der Waals surface area contributed by atoms with E-state index in [4.69, 9.17) is 4.74 Å². The highest BCUT2D eigenvalue weighted by molar-refractivity contribution is 5.95. The number of likely N-dealkylation sites (tertiary alicyclic amines) is 1. The summed E-state index contributed by atoms with van der Waals surface area (Å²) in [4.78, 5) is 32.2. The topological polar surface area (TPSA) is 70.9 Å². The Morgan fingerprint density at radius 2 is 1.77 bits per heavy atom. The lowest BCUT2D eigenvalue weighted by Gasteiger charge is -2.41. The molecule has 0 bridgehead atoms. The molecule has 1 aromatic carbocycles. The van der Waals surface area contributed by atoms with E-state index in [-0.39, 0.29) is 24.0 Å². The number of amides is 2. The maximum absolute atomic E-state index is 13.6. The van der Waals surface area contributed by atoms with E-state index in [0.717, 1.165) is 25.1 Å². The summed E-state index contributed by atoms with van der Waals surface area (Å²) in [5.74, 6) is 0.240. The smallest absolute Gasteiger partial charge is 0.410 e. The van der Waals surface area contributed by atoms with E-state index >= 15 is 0 Å². The van der Waals surface area contributed by atoms with Crippen LogP contribution < -0.4 is 4.90 Å². The van der Waals surface area contributed by atoms with Crippen LogP contribution in [0.5, 0.6) is 0 Å². The molecule has 8 heteroatoms. The third kappa shape index (κ3) is 5.63. The van der Waals surface area contributed by atoms with Gasteiger partial charge in [0.25, 0.3) is 5.91 Å². The fourth-order valence-electron chi connectivity index (χ4n) is 5.26. The van der Waals surface area contributed by atoms with E-state index in [1.807, 2.05) is 37.4 Å². The van der Waals surface area contributed by atoms with Crippen molar-refractivity contribution in [2.45, 2.75) is 65.0 Å². The monoisotopic (exact) mass is 481 g/mol. The van der Waals surface area contributed by atoms with Gasteiger partial charge in [0.2, 0.25) is 0 Å². The van der Waals surface area contributed by atoms with E-state index in [1.165, 1.54) is 11.3 Å². The van der Waals surface area contributed by atoms with Gasteiger partial charge in [-0.1, -0.05) is 12.1 Å². The molecule has 0 radical (unpaired) electrons. The molecule has 1 aromatic heterocycles. The highest BCUT2D eigenvalue weighted by Gasteiger charge is 2.34. The van der Waals surface area contributed by atoms with Crippen LogP contribution in [0, 0.1) is 6.92 Å². The van der Waals surface area contributed by atoms with Crippen LogP contribution in [0.15, 0.2) is 30.5 Å². The van der Waals surface area contributed by atoms with Crippen molar-refractivity contribution < 1.29 is 14.3 Å². The van der Waals surface area contributed by atoms with Crippen LogP contribution in [-0.2, 0) is 11.8 Å². The van der Waals surface area contributed by atoms with Crippen LogP contribution >= 0.6 is 0 Å². The van der Waals surface area contributed by atoms with Crippen LogP contribution in [0.1, 0.15) is 68.1 Å². The molecule has 35 heavy (non-hydrogen) atoms. The Bertz CT molecular complexity index is 1070. The van der Waals surface area contributed by atoms with Gasteiger partial charge in [0.15, 0.2) is 0 Å². The minimum Gasteiger partial charge on any atom is -0.444 e. The number of carbonyl (C=O) groups is 2. The summed E-state index contributed by atoms with van der Waals surface area (Å²) in [6.07, 6.45) is 3.03. The van der Waals surface area contributed by atoms with E-state index in [2.05, 4.69) is 48.1 Å². The predicted octanol–water partition coefficient (Wildman–Crippen LogP) is 4.19. The number of nitrogens with zero attached hydrogens (tertiary/aromatic N) is 5. The second-order valence-corrected chi connectivity index (χ2v) is 10.9. The minimum absolute atomic E-state index is 0.0541. The summed E-state index contributed by atoms with van der Waals surface area (Å²) >= 11 is 0. The molecule has 2 aliphatic rings. The summed E-state index contributed by atoms with van der Waals surface area (Å²) in [6.45, 7) is 13.3. The standard InChI is InChI=1S/C27H39N5O3/c1-19-8-7-9-22(16-19)32-15-14-31(18-20(32)2)25(33)23-17-28-29(6)24(23)21-10-12-30(13-11-21)26(34)35-27(3,4)5/h7-9,16-17,20-21H,10-15,18H2,1-6H3. The Labute approximate surface area is 208 Å². The number of hydrogen-bond acceptors (Lipinski definition) is 5. The quantitative estimate of drug-likeness (QED) is 0.657. The van der Waals surface area contributed by atoms with Crippen molar-refractivity contribution in [3.8, 4) is 0 Å². The zero-order chi connectivity index (χ0) is 25.3. The number of rotatable bonds is 3. The SMILES string of the molecule is Cc1cccc(N2CCN(C(=O)c3cnn(C)c3C3CCN(C(=O)OC(C)(C)C)CC3)CC2C)c1. The average Bonchev–Trinajstić information content (AvgIpc) is 3.18. The van der Waals surface area contributed by atoms with E-state index in [1.54, 1.807) is 11.1 Å². The van der Waals surface area contributed by atoms with Crippen LogP contribution in [0.2, 0.25) is 0 Å². The van der Waals surface area contributed by atoms with Gasteiger partial charge in [0.1, 0.15) is 5.60 Å². The van der Waals surface area contributed by atoms with Crippen molar-refractivity contribution in [1.29, 1.82) is 0 Å². The Hall–Kier alpha value is -3.03. The van der Waals surface area contributed by atoms with Crippen molar-refractivity contribution in [2.24, 2.45) is 7.05 Å². The summed E-state index contributed by atoms with van der Waals surface area (Å²) in [7, 11) is 1.91. The Morgan fingerprint density at radius 3 is 2.40 bits per heavy atom. The average molecular weight is 482 g/mol. The number of anilines is 1. The molecular weight excluding hydrogens is 442 g/mol.